The van der Waals surface area contributed by atoms with Crippen molar-refractivity contribution in [3.05, 3.63) is 34.9 Å². The highest BCUT2D eigenvalue weighted by atomic mass is 19.4. The molecule has 0 radical (unpaired) electrons. The van der Waals surface area contributed by atoms with Crippen molar-refractivity contribution >= 4 is 6.29 Å². The van der Waals surface area contributed by atoms with Crippen LogP contribution in [0.2, 0.25) is 0 Å². The van der Waals surface area contributed by atoms with Crippen LogP contribution in [0.3, 0.4) is 0 Å². The van der Waals surface area contributed by atoms with Crippen LogP contribution in [0.15, 0.2) is 18.2 Å². The van der Waals surface area contributed by atoms with Crippen molar-refractivity contribution in [1.82, 2.24) is 0 Å². The molecule has 1 aromatic rings. The molecule has 1 rings (SSSR count). The topological polar surface area (TPSA) is 37.3 Å². The smallest absolute Gasteiger partial charge is 0.388 e. The maximum atomic E-state index is 12.5. The molecule has 2 nitrogen and oxygen atoms in total. The number of aldehydes is 1. The Hall–Kier alpha value is -1.57. The van der Waals surface area contributed by atoms with Gasteiger partial charge in [0, 0.05) is 6.42 Å². The predicted molar refractivity (Wildman–Crippen MR) is 52.1 cm³/mol. The molecule has 0 bridgehead atoms. The Morgan fingerprint density at radius 2 is 1.42 bits per heavy atom. The number of carbonyl (C=O) groups excluding carboxylic acids is 1. The fourth-order valence-electron chi connectivity index (χ4n) is 1.40. The van der Waals surface area contributed by atoms with Gasteiger partial charge in [-0.05, 0) is 23.8 Å². The molecule has 19 heavy (non-hydrogen) atoms. The maximum Gasteiger partial charge on any atom is 0.416 e. The van der Waals surface area contributed by atoms with E-state index in [0.29, 0.717) is 12.1 Å². The predicted octanol–water partition coefficient (Wildman–Crippen LogP) is 3.35. The van der Waals surface area contributed by atoms with Crippen LogP contribution in [0.1, 0.15) is 29.2 Å². The van der Waals surface area contributed by atoms with Crippen LogP contribution in [-0.4, -0.2) is 11.4 Å². The summed E-state index contributed by atoms with van der Waals surface area (Å²) in [6, 6.07) is 0.740. The zero-order valence-corrected chi connectivity index (χ0v) is 9.22. The summed E-state index contributed by atoms with van der Waals surface area (Å²) in [6.45, 7) is 0. The van der Waals surface area contributed by atoms with Gasteiger partial charge in [0.15, 0.2) is 0 Å². The first-order chi connectivity index (χ1) is 8.55. The van der Waals surface area contributed by atoms with Gasteiger partial charge in [-0.25, -0.2) is 0 Å². The van der Waals surface area contributed by atoms with Crippen LogP contribution in [0.5, 0.6) is 0 Å². The second kappa shape index (κ2) is 5.20. The Bertz CT molecular complexity index is 431. The van der Waals surface area contributed by atoms with Gasteiger partial charge in [-0.3, -0.25) is 0 Å². The van der Waals surface area contributed by atoms with Crippen molar-refractivity contribution in [2.45, 2.75) is 24.9 Å². The third-order valence-corrected chi connectivity index (χ3v) is 2.31. The van der Waals surface area contributed by atoms with E-state index in [-0.39, 0.29) is 12.4 Å². The highest BCUT2D eigenvalue weighted by Gasteiger charge is 2.37. The van der Waals surface area contributed by atoms with Crippen molar-refractivity contribution in [3.8, 4) is 0 Å². The molecule has 0 amide bonds. The average molecular weight is 286 g/mol. The number of halogens is 6. The number of hydrogen-bond acceptors (Lipinski definition) is 2. The van der Waals surface area contributed by atoms with Gasteiger partial charge in [0.25, 0.3) is 0 Å². The van der Waals surface area contributed by atoms with Gasteiger partial charge in [-0.15, -0.1) is 0 Å². The van der Waals surface area contributed by atoms with Crippen LogP contribution in [-0.2, 0) is 17.1 Å². The van der Waals surface area contributed by atoms with E-state index in [1.165, 1.54) is 0 Å². The van der Waals surface area contributed by atoms with Gasteiger partial charge in [0.05, 0.1) is 17.2 Å². The second-order valence-electron chi connectivity index (χ2n) is 3.76. The van der Waals surface area contributed by atoms with Gasteiger partial charge in [0.2, 0.25) is 0 Å². The fourth-order valence-corrected chi connectivity index (χ4v) is 1.40. The van der Waals surface area contributed by atoms with Crippen LogP contribution >= 0.6 is 0 Å². The van der Waals surface area contributed by atoms with Gasteiger partial charge < -0.3 is 9.90 Å². The first-order valence-corrected chi connectivity index (χ1v) is 4.97. The molecule has 0 saturated carbocycles. The van der Waals surface area contributed by atoms with Crippen molar-refractivity contribution in [2.75, 3.05) is 0 Å². The molecule has 0 unspecified atom stereocenters. The minimum absolute atomic E-state index is 0.0445. The van der Waals surface area contributed by atoms with E-state index in [4.69, 9.17) is 0 Å². The fraction of sp³-hybridized carbons (Fsp3) is 0.364. The highest BCUT2D eigenvalue weighted by Crippen LogP contribution is 2.37. The number of hydrogen-bond donors (Lipinski definition) is 1. The molecule has 0 aliphatic carbocycles. The molecular formula is C11H8F6O2. The SMILES string of the molecule is O=CC[C@H](O)c1cc(C(F)(F)F)cc(C(F)(F)F)c1. The zero-order valence-electron chi connectivity index (χ0n) is 9.22. The lowest BCUT2D eigenvalue weighted by Gasteiger charge is -2.16. The molecule has 8 heteroatoms. The summed E-state index contributed by atoms with van der Waals surface area (Å²) in [5, 5.41) is 9.33. The number of alkyl halides is 6. The first-order valence-electron chi connectivity index (χ1n) is 4.97. The summed E-state index contributed by atoms with van der Waals surface area (Å²) >= 11 is 0. The molecule has 1 atom stereocenters. The van der Waals surface area contributed by atoms with Crippen molar-refractivity contribution < 1.29 is 36.2 Å². The number of carbonyl (C=O) groups is 1. The summed E-state index contributed by atoms with van der Waals surface area (Å²) in [4.78, 5) is 10.1. The monoisotopic (exact) mass is 286 g/mol. The summed E-state index contributed by atoms with van der Waals surface area (Å²) in [7, 11) is 0. The standard InChI is InChI=1S/C11H8F6O2/c12-10(13,14)7-3-6(9(19)1-2-18)4-8(5-7)11(15,16)17/h2-5,9,19H,1H2/t9-/m0/s1. The molecule has 0 fully saturated rings. The Labute approximate surface area is 103 Å². The van der Waals surface area contributed by atoms with Crippen molar-refractivity contribution in [1.29, 1.82) is 0 Å². The van der Waals surface area contributed by atoms with E-state index in [0.717, 1.165) is 0 Å². The molecule has 0 aliphatic heterocycles. The Morgan fingerprint density at radius 1 is 1.00 bits per heavy atom. The van der Waals surface area contributed by atoms with E-state index in [1.54, 1.807) is 0 Å². The number of benzene rings is 1. The molecule has 0 heterocycles. The molecule has 0 aromatic heterocycles. The summed E-state index contributed by atoms with van der Waals surface area (Å²) < 4.78 is 74.8. The molecule has 106 valence electrons. The number of rotatable bonds is 3. The Morgan fingerprint density at radius 3 is 1.74 bits per heavy atom. The Balaban J connectivity index is 3.36. The minimum Gasteiger partial charge on any atom is -0.388 e. The third kappa shape index (κ3) is 3.95. The van der Waals surface area contributed by atoms with Gasteiger partial charge in [-0.2, -0.15) is 26.3 Å². The third-order valence-electron chi connectivity index (χ3n) is 2.31. The normalized spacial score (nSPS) is 14.3. The average Bonchev–Trinajstić information content (AvgIpc) is 2.26. The maximum absolute atomic E-state index is 12.5. The molecule has 0 spiro atoms. The van der Waals surface area contributed by atoms with E-state index in [9.17, 15) is 36.2 Å². The van der Waals surface area contributed by atoms with E-state index in [1.807, 2.05) is 0 Å². The van der Waals surface area contributed by atoms with Crippen LogP contribution < -0.4 is 0 Å². The van der Waals surface area contributed by atoms with Crippen molar-refractivity contribution in [3.63, 3.8) is 0 Å². The van der Waals surface area contributed by atoms with Gasteiger partial charge in [0.1, 0.15) is 6.29 Å². The summed E-state index contributed by atoms with van der Waals surface area (Å²) in [5.41, 5.74) is -3.65. The first kappa shape index (κ1) is 15.5. The minimum atomic E-state index is -4.98. The van der Waals surface area contributed by atoms with Crippen LogP contribution in [0, 0.1) is 0 Å². The quantitative estimate of drug-likeness (QED) is 0.683. The van der Waals surface area contributed by atoms with Crippen LogP contribution in [0.4, 0.5) is 26.3 Å². The summed E-state index contributed by atoms with van der Waals surface area (Å²) in [6.07, 6.45) is -12.0. The van der Waals surface area contributed by atoms with Gasteiger partial charge >= 0.3 is 12.4 Å². The molecule has 0 saturated heterocycles. The van der Waals surface area contributed by atoms with E-state index < -0.39 is 41.6 Å². The lowest BCUT2D eigenvalue weighted by molar-refractivity contribution is -0.143. The van der Waals surface area contributed by atoms with E-state index in [2.05, 4.69) is 0 Å². The lowest BCUT2D eigenvalue weighted by atomic mass is 10.00. The van der Waals surface area contributed by atoms with Crippen molar-refractivity contribution in [2.24, 2.45) is 0 Å². The molecule has 1 N–H and O–H groups in total. The van der Waals surface area contributed by atoms with Gasteiger partial charge in [-0.1, -0.05) is 0 Å². The lowest BCUT2D eigenvalue weighted by Crippen LogP contribution is -2.13. The molecule has 1 aromatic carbocycles. The largest absolute Gasteiger partial charge is 0.416 e. The number of aliphatic hydroxyl groups is 1. The Kier molecular flexibility index (Phi) is 4.24. The molecule has 0 aliphatic rings. The molecular weight excluding hydrogens is 278 g/mol. The summed E-state index contributed by atoms with van der Waals surface area (Å²) in [5.74, 6) is 0. The number of aliphatic hydroxyl groups excluding tert-OH is 1. The van der Waals surface area contributed by atoms with Crippen LogP contribution in [0.25, 0.3) is 0 Å². The van der Waals surface area contributed by atoms with E-state index >= 15 is 0 Å². The second-order valence-corrected chi connectivity index (χ2v) is 3.76. The zero-order chi connectivity index (χ0) is 14.8. The highest BCUT2D eigenvalue weighted by molar-refractivity contribution is 5.51.